The average molecular weight is 389 g/mol. The Hall–Kier alpha value is -2.75. The first-order valence-corrected chi connectivity index (χ1v) is 10.8. The molecule has 5 rings (SSSR count). The number of nitrogens with zero attached hydrogens (tertiary/aromatic N) is 1. The number of carbonyl (C=O) groups excluding carboxylic acids is 1. The molecule has 3 unspecified atom stereocenters. The Kier molecular flexibility index (Phi) is 4.78. The van der Waals surface area contributed by atoms with Crippen LogP contribution in [-0.2, 0) is 0 Å². The summed E-state index contributed by atoms with van der Waals surface area (Å²) in [4.78, 5) is 15.2. The number of allylic oxidation sites excluding steroid dienone is 2. The minimum absolute atomic E-state index is 0.165. The molecule has 4 nitrogen and oxygen atoms in total. The van der Waals surface area contributed by atoms with Gasteiger partial charge in [0, 0.05) is 19.0 Å². The summed E-state index contributed by atoms with van der Waals surface area (Å²) >= 11 is 0. The van der Waals surface area contributed by atoms with E-state index in [2.05, 4.69) is 47.8 Å². The van der Waals surface area contributed by atoms with Gasteiger partial charge >= 0.3 is 0 Å². The van der Waals surface area contributed by atoms with E-state index in [9.17, 15) is 4.79 Å². The minimum Gasteiger partial charge on any atom is -0.494 e. The summed E-state index contributed by atoms with van der Waals surface area (Å²) in [5.74, 6) is 1.89. The van der Waals surface area contributed by atoms with Gasteiger partial charge in [-0.1, -0.05) is 36.4 Å². The van der Waals surface area contributed by atoms with E-state index in [-0.39, 0.29) is 11.9 Å². The van der Waals surface area contributed by atoms with E-state index in [0.717, 1.165) is 49.4 Å². The molecule has 3 atom stereocenters. The molecule has 1 aliphatic carbocycles. The van der Waals surface area contributed by atoms with Crippen LogP contribution in [0.1, 0.15) is 59.6 Å². The van der Waals surface area contributed by atoms with E-state index in [0.29, 0.717) is 18.4 Å². The zero-order valence-electron chi connectivity index (χ0n) is 16.9. The van der Waals surface area contributed by atoms with Gasteiger partial charge in [-0.05, 0) is 61.4 Å². The third kappa shape index (κ3) is 3.21. The van der Waals surface area contributed by atoms with Crippen LogP contribution in [0.25, 0.3) is 0 Å². The van der Waals surface area contributed by atoms with Crippen LogP contribution in [0.3, 0.4) is 0 Å². The minimum atomic E-state index is 0.165. The molecule has 0 saturated carbocycles. The van der Waals surface area contributed by atoms with Gasteiger partial charge < -0.3 is 15.0 Å². The van der Waals surface area contributed by atoms with Crippen LogP contribution in [0.5, 0.6) is 5.75 Å². The van der Waals surface area contributed by atoms with Gasteiger partial charge in [0.2, 0.25) is 0 Å². The van der Waals surface area contributed by atoms with Gasteiger partial charge in [0.1, 0.15) is 5.75 Å². The lowest BCUT2D eigenvalue weighted by Gasteiger charge is -2.38. The first kappa shape index (κ1) is 18.3. The number of anilines is 1. The zero-order valence-corrected chi connectivity index (χ0v) is 16.9. The number of benzene rings is 2. The van der Waals surface area contributed by atoms with Crippen molar-refractivity contribution in [3.8, 4) is 5.75 Å². The summed E-state index contributed by atoms with van der Waals surface area (Å²) in [5, 5.41) is 3.78. The van der Waals surface area contributed by atoms with Gasteiger partial charge in [-0.25, -0.2) is 0 Å². The molecule has 150 valence electrons. The smallest absolute Gasteiger partial charge is 0.255 e. The second kappa shape index (κ2) is 7.58. The molecule has 2 heterocycles. The third-order valence-corrected chi connectivity index (χ3v) is 6.57. The number of hydrogen-bond donors (Lipinski definition) is 1. The molecule has 3 aliphatic rings. The number of carbonyl (C=O) groups is 1. The molecule has 2 aromatic carbocycles. The lowest BCUT2D eigenvalue weighted by atomic mass is 9.76. The second-order valence-corrected chi connectivity index (χ2v) is 8.25. The highest BCUT2D eigenvalue weighted by Crippen LogP contribution is 2.50. The monoisotopic (exact) mass is 388 g/mol. The number of fused-ring (bicyclic) bond motifs is 3. The number of likely N-dealkylation sites (tertiary alicyclic amines) is 1. The van der Waals surface area contributed by atoms with Gasteiger partial charge in [-0.3, -0.25) is 4.79 Å². The van der Waals surface area contributed by atoms with Crippen LogP contribution in [0.4, 0.5) is 5.69 Å². The fourth-order valence-corrected chi connectivity index (χ4v) is 5.16. The van der Waals surface area contributed by atoms with Gasteiger partial charge in [0.25, 0.3) is 5.91 Å². The highest BCUT2D eigenvalue weighted by Gasteiger charge is 2.39. The molecule has 4 heteroatoms. The predicted octanol–water partition coefficient (Wildman–Crippen LogP) is 5.15. The first-order chi connectivity index (χ1) is 14.3. The maximum absolute atomic E-state index is 13.2. The Balaban J connectivity index is 1.52. The van der Waals surface area contributed by atoms with E-state index in [1.807, 2.05) is 24.0 Å². The van der Waals surface area contributed by atoms with Crippen molar-refractivity contribution in [2.75, 3.05) is 25.0 Å². The summed E-state index contributed by atoms with van der Waals surface area (Å²) in [6.45, 7) is 4.42. The summed E-state index contributed by atoms with van der Waals surface area (Å²) in [7, 11) is 0. The number of para-hydroxylation sites is 1. The third-order valence-electron chi connectivity index (χ3n) is 6.57. The maximum Gasteiger partial charge on any atom is 0.255 e. The van der Waals surface area contributed by atoms with Crippen molar-refractivity contribution in [1.29, 1.82) is 0 Å². The van der Waals surface area contributed by atoms with Crippen molar-refractivity contribution >= 4 is 11.6 Å². The van der Waals surface area contributed by atoms with E-state index < -0.39 is 0 Å². The maximum atomic E-state index is 13.2. The molecule has 1 fully saturated rings. The lowest BCUT2D eigenvalue weighted by Crippen LogP contribution is -2.33. The van der Waals surface area contributed by atoms with Crippen molar-refractivity contribution in [2.45, 2.75) is 38.1 Å². The zero-order chi connectivity index (χ0) is 19.8. The highest BCUT2D eigenvalue weighted by molar-refractivity contribution is 6.01. The van der Waals surface area contributed by atoms with Crippen LogP contribution >= 0.6 is 0 Å². The molecular weight excluding hydrogens is 360 g/mol. The molecule has 0 radical (unpaired) electrons. The Labute approximate surface area is 172 Å². The van der Waals surface area contributed by atoms with Crippen LogP contribution in [0.15, 0.2) is 54.6 Å². The molecule has 0 aromatic heterocycles. The topological polar surface area (TPSA) is 41.6 Å². The molecule has 0 spiro atoms. The molecule has 0 bridgehead atoms. The number of nitrogens with one attached hydrogen (secondary N) is 1. The van der Waals surface area contributed by atoms with Crippen molar-refractivity contribution in [3.63, 3.8) is 0 Å². The van der Waals surface area contributed by atoms with Crippen molar-refractivity contribution in [3.05, 3.63) is 71.3 Å². The highest BCUT2D eigenvalue weighted by atomic mass is 16.5. The van der Waals surface area contributed by atoms with E-state index in [1.54, 1.807) is 0 Å². The second-order valence-electron chi connectivity index (χ2n) is 8.25. The Morgan fingerprint density at radius 1 is 1.14 bits per heavy atom. The van der Waals surface area contributed by atoms with E-state index in [1.165, 1.54) is 11.1 Å². The standard InChI is InChI=1S/C25H28N2O2/c1-2-29-18-13-11-17(12-14-18)23-20-8-5-7-19(20)21-9-6-10-22(24(21)26-23)25(28)27-15-3-4-16-27/h5-7,9-14,19-20,23,26H,2-4,8,15-16H2,1H3. The summed E-state index contributed by atoms with van der Waals surface area (Å²) in [5.41, 5.74) is 4.35. The quantitative estimate of drug-likeness (QED) is 0.737. The molecular formula is C25H28N2O2. The van der Waals surface area contributed by atoms with Crippen molar-refractivity contribution < 1.29 is 9.53 Å². The summed E-state index contributed by atoms with van der Waals surface area (Å²) < 4.78 is 5.62. The molecule has 2 aromatic rings. The molecule has 1 N–H and O–H groups in total. The predicted molar refractivity (Wildman–Crippen MR) is 116 cm³/mol. The Bertz CT molecular complexity index is 928. The molecule has 1 saturated heterocycles. The number of amides is 1. The van der Waals surface area contributed by atoms with E-state index >= 15 is 0 Å². The summed E-state index contributed by atoms with van der Waals surface area (Å²) in [6.07, 6.45) is 7.89. The molecule has 2 aliphatic heterocycles. The fourth-order valence-electron chi connectivity index (χ4n) is 5.16. The van der Waals surface area contributed by atoms with Crippen LogP contribution < -0.4 is 10.1 Å². The van der Waals surface area contributed by atoms with Gasteiger partial charge in [-0.15, -0.1) is 0 Å². The van der Waals surface area contributed by atoms with Gasteiger partial charge in [0.15, 0.2) is 0 Å². The van der Waals surface area contributed by atoms with Crippen LogP contribution in [-0.4, -0.2) is 30.5 Å². The SMILES string of the molecule is CCOc1ccc(C2Nc3c(C(=O)N4CCCC4)cccc3C3C=CCC32)cc1. The molecule has 29 heavy (non-hydrogen) atoms. The first-order valence-electron chi connectivity index (χ1n) is 10.8. The van der Waals surface area contributed by atoms with Gasteiger partial charge in [0.05, 0.1) is 23.9 Å². The van der Waals surface area contributed by atoms with Crippen LogP contribution in [0.2, 0.25) is 0 Å². The Morgan fingerprint density at radius 3 is 2.69 bits per heavy atom. The number of hydrogen-bond acceptors (Lipinski definition) is 3. The Morgan fingerprint density at radius 2 is 1.93 bits per heavy atom. The summed E-state index contributed by atoms with van der Waals surface area (Å²) in [6, 6.07) is 14.8. The van der Waals surface area contributed by atoms with Gasteiger partial charge in [-0.2, -0.15) is 0 Å². The number of rotatable bonds is 4. The molecule has 1 amide bonds. The fraction of sp³-hybridized carbons (Fsp3) is 0.400. The lowest BCUT2D eigenvalue weighted by molar-refractivity contribution is 0.0793. The largest absolute Gasteiger partial charge is 0.494 e. The van der Waals surface area contributed by atoms with Crippen molar-refractivity contribution in [2.24, 2.45) is 5.92 Å². The average Bonchev–Trinajstić information content (AvgIpc) is 3.45. The number of ether oxygens (including phenoxy) is 1. The van der Waals surface area contributed by atoms with Crippen molar-refractivity contribution in [1.82, 2.24) is 4.90 Å². The van der Waals surface area contributed by atoms with E-state index in [4.69, 9.17) is 4.74 Å². The normalized spacial score (nSPS) is 24.7. The van der Waals surface area contributed by atoms with Crippen LogP contribution in [0, 0.1) is 5.92 Å².